The minimum Gasteiger partial charge on any atom is -0.479 e. The average Bonchev–Trinajstić information content (AvgIpc) is 1.31. The van der Waals surface area contributed by atoms with Crippen LogP contribution in [0.1, 0.15) is 0 Å². The van der Waals surface area contributed by atoms with Gasteiger partial charge in [0.25, 0.3) is 0 Å². The van der Waals surface area contributed by atoms with Crippen molar-refractivity contribution in [3.8, 4) is 0 Å². The van der Waals surface area contributed by atoms with Crippen LogP contribution < -0.4 is 5.32 Å². The molecule has 1 atom stereocenters. The first kappa shape index (κ1) is 3.68. The van der Waals surface area contributed by atoms with Crippen LogP contribution in [0.4, 0.5) is 0 Å². The second kappa shape index (κ2) is 1.30. The predicted molar refractivity (Wildman–Crippen MR) is 23.1 cm³/mol. The Morgan fingerprint density at radius 3 is 2.50 bits per heavy atom. The Kier molecular flexibility index (Phi) is 0.801. The van der Waals surface area contributed by atoms with E-state index in [0.717, 1.165) is 0 Å². The van der Waals surface area contributed by atoms with Crippen molar-refractivity contribution in [1.82, 2.24) is 5.32 Å². The van der Waals surface area contributed by atoms with Crippen molar-refractivity contribution < 1.29 is 4.74 Å². The zero-order valence-corrected chi connectivity index (χ0v) is 3.64. The third-order valence-corrected chi connectivity index (χ3v) is 0.763. The fourth-order valence-corrected chi connectivity index (χ4v) is 0.321. The van der Waals surface area contributed by atoms with Gasteiger partial charge in [-0.3, -0.25) is 5.32 Å². The Balaban J connectivity index is 2.21. The number of hydrogen-bond acceptors (Lipinski definition) is 2. The van der Waals surface area contributed by atoms with Crippen LogP contribution in [0.25, 0.3) is 0 Å². The molecule has 34 valence electrons. The van der Waals surface area contributed by atoms with Crippen molar-refractivity contribution in [3.63, 3.8) is 0 Å². The van der Waals surface area contributed by atoms with Gasteiger partial charge in [0.05, 0.1) is 6.26 Å². The molecule has 0 bridgehead atoms. The summed E-state index contributed by atoms with van der Waals surface area (Å²) in [7, 11) is 1.86. The number of nitrogens with one attached hydrogen (secondary N) is 1. The number of rotatable bonds is 1. The van der Waals surface area contributed by atoms with E-state index in [1.165, 1.54) is 0 Å². The zero-order chi connectivity index (χ0) is 4.41. The van der Waals surface area contributed by atoms with Gasteiger partial charge >= 0.3 is 0 Å². The van der Waals surface area contributed by atoms with Crippen LogP contribution in [0.2, 0.25) is 0 Å². The Labute approximate surface area is 36.8 Å². The maximum absolute atomic E-state index is 4.79. The molecule has 0 aromatic heterocycles. The topological polar surface area (TPSA) is 21.3 Å². The van der Waals surface area contributed by atoms with Crippen molar-refractivity contribution in [2.45, 2.75) is 6.23 Å². The van der Waals surface area contributed by atoms with Crippen molar-refractivity contribution in [2.24, 2.45) is 0 Å². The van der Waals surface area contributed by atoms with Gasteiger partial charge in [0.1, 0.15) is 0 Å². The number of ether oxygens (including phenoxy) is 1. The molecule has 0 spiro atoms. The molecule has 0 saturated heterocycles. The van der Waals surface area contributed by atoms with Crippen LogP contribution in [0.5, 0.6) is 0 Å². The molecule has 0 saturated carbocycles. The van der Waals surface area contributed by atoms with Gasteiger partial charge in [-0.2, -0.15) is 0 Å². The summed E-state index contributed by atoms with van der Waals surface area (Å²) in [5.41, 5.74) is 0. The molecule has 0 amide bonds. The molecular formula is C4H7NO. The molecule has 2 nitrogen and oxygen atoms in total. The fraction of sp³-hybridized carbons (Fsp3) is 0.500. The van der Waals surface area contributed by atoms with Crippen LogP contribution in [0.15, 0.2) is 12.3 Å². The van der Waals surface area contributed by atoms with E-state index in [4.69, 9.17) is 4.74 Å². The van der Waals surface area contributed by atoms with Crippen molar-refractivity contribution in [2.75, 3.05) is 7.05 Å². The van der Waals surface area contributed by atoms with Crippen LogP contribution in [-0.2, 0) is 4.74 Å². The molecule has 6 heavy (non-hydrogen) atoms. The van der Waals surface area contributed by atoms with E-state index in [-0.39, 0.29) is 6.23 Å². The van der Waals surface area contributed by atoms with Gasteiger partial charge < -0.3 is 4.74 Å². The molecule has 1 aliphatic rings. The molecule has 0 radical (unpaired) electrons. The fourth-order valence-electron chi connectivity index (χ4n) is 0.321. The molecule has 1 unspecified atom stereocenters. The smallest absolute Gasteiger partial charge is 0.171 e. The Hall–Kier alpha value is -0.500. The van der Waals surface area contributed by atoms with Crippen LogP contribution in [0.3, 0.4) is 0 Å². The third-order valence-electron chi connectivity index (χ3n) is 0.763. The van der Waals surface area contributed by atoms with Crippen molar-refractivity contribution in [3.05, 3.63) is 12.3 Å². The second-order valence-electron chi connectivity index (χ2n) is 1.17. The lowest BCUT2D eigenvalue weighted by atomic mass is 10.5. The Morgan fingerprint density at radius 2 is 2.50 bits per heavy atom. The summed E-state index contributed by atoms with van der Waals surface area (Å²) >= 11 is 0. The van der Waals surface area contributed by atoms with E-state index in [1.807, 2.05) is 13.1 Å². The SMILES string of the molecule is CNC1C=CO1. The van der Waals surface area contributed by atoms with E-state index in [2.05, 4.69) is 5.32 Å². The largest absolute Gasteiger partial charge is 0.479 e. The third kappa shape index (κ3) is 0.389. The highest BCUT2D eigenvalue weighted by Gasteiger charge is 2.04. The summed E-state index contributed by atoms with van der Waals surface area (Å²) < 4.78 is 4.79. The van der Waals surface area contributed by atoms with Gasteiger partial charge in [-0.1, -0.05) is 0 Å². The average molecular weight is 85.1 g/mol. The molecule has 0 fully saturated rings. The molecule has 0 aliphatic carbocycles. The van der Waals surface area contributed by atoms with Gasteiger partial charge in [-0.05, 0) is 7.05 Å². The first-order valence-corrected chi connectivity index (χ1v) is 1.93. The van der Waals surface area contributed by atoms with E-state index in [1.54, 1.807) is 6.26 Å². The summed E-state index contributed by atoms with van der Waals surface area (Å²) in [5.74, 6) is 0. The lowest BCUT2D eigenvalue weighted by Crippen LogP contribution is -2.28. The van der Waals surface area contributed by atoms with Crippen molar-refractivity contribution in [1.29, 1.82) is 0 Å². The molecule has 1 rings (SSSR count). The molecule has 1 N–H and O–H groups in total. The van der Waals surface area contributed by atoms with Crippen molar-refractivity contribution >= 4 is 0 Å². The molecule has 2 heteroatoms. The minimum atomic E-state index is 0.185. The van der Waals surface area contributed by atoms with E-state index in [9.17, 15) is 0 Å². The first-order valence-electron chi connectivity index (χ1n) is 1.93. The second-order valence-corrected chi connectivity index (χ2v) is 1.17. The summed E-state index contributed by atoms with van der Waals surface area (Å²) in [6, 6.07) is 0. The van der Waals surface area contributed by atoms with Gasteiger partial charge in [0.15, 0.2) is 6.23 Å². The highest BCUT2D eigenvalue weighted by Crippen LogP contribution is 1.99. The summed E-state index contributed by atoms with van der Waals surface area (Å²) in [6.07, 6.45) is 3.80. The molecule has 0 aromatic rings. The van der Waals surface area contributed by atoms with Crippen LogP contribution in [0, 0.1) is 0 Å². The lowest BCUT2D eigenvalue weighted by molar-refractivity contribution is 0.117. The quantitative estimate of drug-likeness (QED) is 0.486. The Morgan fingerprint density at radius 1 is 1.83 bits per heavy atom. The van der Waals surface area contributed by atoms with Crippen LogP contribution >= 0.6 is 0 Å². The maximum atomic E-state index is 4.79. The van der Waals surface area contributed by atoms with Gasteiger partial charge in [-0.25, -0.2) is 0 Å². The molecule has 1 aliphatic heterocycles. The van der Waals surface area contributed by atoms with Crippen LogP contribution in [-0.4, -0.2) is 13.3 Å². The molecule has 1 heterocycles. The summed E-state index contributed by atoms with van der Waals surface area (Å²) in [4.78, 5) is 0. The van der Waals surface area contributed by atoms with E-state index < -0.39 is 0 Å². The summed E-state index contributed by atoms with van der Waals surface area (Å²) in [5, 5.41) is 2.89. The van der Waals surface area contributed by atoms with Gasteiger partial charge in [-0.15, -0.1) is 0 Å². The predicted octanol–water partition coefficient (Wildman–Crippen LogP) is 0.0758. The highest BCUT2D eigenvalue weighted by molar-refractivity contribution is 4.91. The maximum Gasteiger partial charge on any atom is 0.171 e. The zero-order valence-electron chi connectivity index (χ0n) is 3.64. The minimum absolute atomic E-state index is 0.185. The first-order chi connectivity index (χ1) is 2.93. The summed E-state index contributed by atoms with van der Waals surface area (Å²) in [6.45, 7) is 0. The highest BCUT2D eigenvalue weighted by atomic mass is 16.5. The number of hydrogen-bond donors (Lipinski definition) is 1. The standard InChI is InChI=1S/C4H7NO/c1-5-4-2-3-6-4/h2-5H,1H3. The normalized spacial score (nSPS) is 28.5. The molecular weight excluding hydrogens is 78.0 g/mol. The molecule has 0 aromatic carbocycles. The van der Waals surface area contributed by atoms with Gasteiger partial charge in [0, 0.05) is 6.08 Å². The van der Waals surface area contributed by atoms with E-state index >= 15 is 0 Å². The lowest BCUT2D eigenvalue weighted by Gasteiger charge is -2.17. The van der Waals surface area contributed by atoms with Gasteiger partial charge in [0.2, 0.25) is 0 Å². The van der Waals surface area contributed by atoms with E-state index in [0.29, 0.717) is 0 Å². The number of likely N-dealkylation sites (N-methyl/N-ethyl adjacent to an activating group) is 1. The monoisotopic (exact) mass is 85.1 g/mol. The Bertz CT molecular complexity index is 69.9.